The summed E-state index contributed by atoms with van der Waals surface area (Å²) in [7, 11) is 0. The van der Waals surface area contributed by atoms with Crippen LogP contribution in [0.5, 0.6) is 0 Å². The second-order valence-corrected chi connectivity index (χ2v) is 18.4. The second-order valence-electron chi connectivity index (χ2n) is 16.3. The fourth-order valence-corrected chi connectivity index (χ4v) is 10.9. The molecule has 326 valence electrons. The minimum atomic E-state index is 0.0631. The van der Waals surface area contributed by atoms with E-state index in [0.717, 1.165) is 60.9 Å². The lowest BCUT2D eigenvalue weighted by Crippen LogP contribution is -2.41. The third-order valence-corrected chi connectivity index (χ3v) is 14.1. The molecule has 0 fully saturated rings. The number of rotatable bonds is 20. The number of amides is 2. The number of nitrogens with two attached hydrogens (primary N) is 1. The summed E-state index contributed by atoms with van der Waals surface area (Å²) in [5.41, 5.74) is 12.8. The Labute approximate surface area is 380 Å². The largest absolute Gasteiger partial charge is 0.355 e. The van der Waals surface area contributed by atoms with Gasteiger partial charge in [0.1, 0.15) is 0 Å². The van der Waals surface area contributed by atoms with Gasteiger partial charge in [-0.15, -0.1) is 0 Å². The van der Waals surface area contributed by atoms with Gasteiger partial charge in [-0.3, -0.25) is 24.5 Å². The molecule has 3 aliphatic heterocycles. The fourth-order valence-electron chi connectivity index (χ4n) is 8.54. The first-order chi connectivity index (χ1) is 30.9. The van der Waals surface area contributed by atoms with Crippen molar-refractivity contribution in [3.63, 3.8) is 0 Å². The van der Waals surface area contributed by atoms with Gasteiger partial charge in [-0.1, -0.05) is 91.1 Å². The van der Waals surface area contributed by atoms with Gasteiger partial charge in [-0.25, -0.2) is 0 Å². The number of anilines is 2. The first-order valence-electron chi connectivity index (χ1n) is 22.4. The van der Waals surface area contributed by atoms with Crippen molar-refractivity contribution in [2.45, 2.75) is 61.2 Å². The zero-order valence-electron chi connectivity index (χ0n) is 36.1. The molecule has 5 aromatic rings. The second kappa shape index (κ2) is 21.8. The first-order valence-corrected chi connectivity index (χ1v) is 24.0. The Kier molecular flexibility index (Phi) is 15.3. The number of carbonyl (C=O) groups excluding carboxylic acids is 2. The lowest BCUT2D eigenvalue weighted by molar-refractivity contribution is -0.121. The molecule has 63 heavy (non-hydrogen) atoms. The normalized spacial score (nSPS) is 17.7. The van der Waals surface area contributed by atoms with E-state index < -0.39 is 0 Å². The highest BCUT2D eigenvalue weighted by Gasteiger charge is 2.29. The average Bonchev–Trinajstić information content (AvgIpc) is 3.84. The summed E-state index contributed by atoms with van der Waals surface area (Å²) in [4.78, 5) is 44.6. The van der Waals surface area contributed by atoms with Crippen molar-refractivity contribution >= 4 is 75.6 Å². The number of carbonyl (C=O) groups is 2. The van der Waals surface area contributed by atoms with Crippen LogP contribution in [0.1, 0.15) is 62.5 Å². The number of nitrogens with one attached hydrogen (secondary N) is 2. The van der Waals surface area contributed by atoms with E-state index >= 15 is 0 Å². The van der Waals surface area contributed by atoms with Crippen LogP contribution in [0.4, 0.5) is 17.1 Å². The summed E-state index contributed by atoms with van der Waals surface area (Å²) >= 11 is 3.62. The maximum absolute atomic E-state index is 12.9. The molecule has 4 aromatic carbocycles. The van der Waals surface area contributed by atoms with Gasteiger partial charge in [0.05, 0.1) is 32.6 Å². The molecule has 12 heteroatoms. The fraction of sp³-hybridized carbons (Fsp3) is 0.333. The average molecular weight is 879 g/mol. The van der Waals surface area contributed by atoms with Gasteiger partial charge in [-0.05, 0) is 91.4 Å². The molecular formula is C51H58N8O2S2. The molecule has 3 aliphatic rings. The van der Waals surface area contributed by atoms with Crippen molar-refractivity contribution in [2.24, 2.45) is 16.6 Å². The minimum Gasteiger partial charge on any atom is -0.355 e. The summed E-state index contributed by atoms with van der Waals surface area (Å²) < 4.78 is 0. The van der Waals surface area contributed by atoms with E-state index in [2.05, 4.69) is 147 Å². The molecule has 0 spiro atoms. The number of thioether (sulfide) groups is 2. The highest BCUT2D eigenvalue weighted by Crippen LogP contribution is 2.49. The number of allylic oxidation sites excluding steroid dienone is 1. The standard InChI is InChI=1S/C51H58N8O2S2/c1-37-36-56-43-17-5-3-15-40(43)41(37)35-51-59(45-19-7-9-21-47(45)63-51)30-13-11-23-49(61)55-28-33-57(31-25-52)32-27-54-48(60)22-10-12-29-58-44-18-6-8-20-46(44)62-50(58)34-38-24-26-53-42-16-4-2-14-39(38)42/h2-9,14-21,24,26,34-37,41H,10-13,22-23,25,27-33,52H2,1H3,(H,54,60)(H,55,61)/b50-34-,51-35-. The molecule has 0 bridgehead atoms. The third kappa shape index (κ3) is 11.2. The Morgan fingerprint density at radius 1 is 0.730 bits per heavy atom. The quantitative estimate of drug-likeness (QED) is 0.0657. The maximum Gasteiger partial charge on any atom is 0.220 e. The number of fused-ring (bicyclic) bond motifs is 4. The highest BCUT2D eigenvalue weighted by molar-refractivity contribution is 8.04. The lowest BCUT2D eigenvalue weighted by atomic mass is 9.85. The third-order valence-electron chi connectivity index (χ3n) is 11.9. The van der Waals surface area contributed by atoms with Gasteiger partial charge in [0, 0.05) is 105 Å². The van der Waals surface area contributed by atoms with Crippen molar-refractivity contribution in [2.75, 3.05) is 62.2 Å². The van der Waals surface area contributed by atoms with Crippen LogP contribution in [-0.4, -0.2) is 80.3 Å². The van der Waals surface area contributed by atoms with Crippen LogP contribution in [0, 0.1) is 5.92 Å². The summed E-state index contributed by atoms with van der Waals surface area (Å²) in [6.45, 7) is 7.60. The van der Waals surface area contributed by atoms with Crippen molar-refractivity contribution in [1.82, 2.24) is 20.5 Å². The number of unbranched alkanes of at least 4 members (excludes halogenated alkanes) is 2. The topological polar surface area (TPSA) is 119 Å². The predicted octanol–water partition coefficient (Wildman–Crippen LogP) is 9.57. The Bertz CT molecular complexity index is 2470. The number of benzene rings is 4. The van der Waals surface area contributed by atoms with Gasteiger partial charge >= 0.3 is 0 Å². The molecule has 2 unspecified atom stereocenters. The van der Waals surface area contributed by atoms with Crippen LogP contribution in [0.25, 0.3) is 17.0 Å². The highest BCUT2D eigenvalue weighted by atomic mass is 32.2. The van der Waals surface area contributed by atoms with Crippen molar-refractivity contribution in [3.05, 3.63) is 137 Å². The minimum absolute atomic E-state index is 0.0631. The van der Waals surface area contributed by atoms with E-state index in [0.29, 0.717) is 58.0 Å². The van der Waals surface area contributed by atoms with E-state index in [9.17, 15) is 9.59 Å². The van der Waals surface area contributed by atoms with Gasteiger partial charge in [0.25, 0.3) is 0 Å². The number of pyridine rings is 1. The molecule has 4 heterocycles. The van der Waals surface area contributed by atoms with Gasteiger partial charge in [0.15, 0.2) is 0 Å². The Morgan fingerprint density at radius 2 is 1.33 bits per heavy atom. The number of hydrogen-bond donors (Lipinski definition) is 3. The summed E-state index contributed by atoms with van der Waals surface area (Å²) in [6.07, 6.45) is 13.0. The van der Waals surface area contributed by atoms with E-state index in [1.807, 2.05) is 30.1 Å². The van der Waals surface area contributed by atoms with Gasteiger partial charge in [-0.2, -0.15) is 0 Å². The van der Waals surface area contributed by atoms with E-state index in [4.69, 9.17) is 10.7 Å². The number of para-hydroxylation sites is 4. The summed E-state index contributed by atoms with van der Waals surface area (Å²) in [5, 5.41) is 9.80. The molecule has 8 rings (SSSR count). The van der Waals surface area contributed by atoms with Crippen LogP contribution < -0.4 is 26.2 Å². The monoisotopic (exact) mass is 878 g/mol. The smallest absolute Gasteiger partial charge is 0.220 e. The van der Waals surface area contributed by atoms with Crippen molar-refractivity contribution in [3.8, 4) is 0 Å². The van der Waals surface area contributed by atoms with Crippen LogP contribution >= 0.6 is 23.5 Å². The lowest BCUT2D eigenvalue weighted by Gasteiger charge is -2.27. The Hall–Kier alpha value is -5.40. The maximum atomic E-state index is 12.9. The first kappa shape index (κ1) is 44.2. The van der Waals surface area contributed by atoms with Crippen LogP contribution in [-0.2, 0) is 9.59 Å². The zero-order chi connectivity index (χ0) is 43.4. The summed E-state index contributed by atoms with van der Waals surface area (Å²) in [6, 6.07) is 35.9. The number of aromatic nitrogens is 1. The molecule has 2 amide bonds. The van der Waals surface area contributed by atoms with E-state index in [1.165, 1.54) is 36.8 Å². The SMILES string of the molecule is CC1C=Nc2ccccc2C1/C=C1\Sc2ccccc2N1CCCCC(=O)NCCN(CCN)CCNC(=O)CCCCN1/C(=C/c2ccnc3ccccc23)Sc2ccccc21. The molecule has 0 saturated heterocycles. The van der Waals surface area contributed by atoms with Crippen molar-refractivity contribution in [1.29, 1.82) is 0 Å². The Balaban J connectivity index is 0.737. The Morgan fingerprint density at radius 3 is 2.03 bits per heavy atom. The molecular weight excluding hydrogens is 821 g/mol. The predicted molar refractivity (Wildman–Crippen MR) is 263 cm³/mol. The molecule has 1 aromatic heterocycles. The van der Waals surface area contributed by atoms with Crippen LogP contribution in [0.15, 0.2) is 140 Å². The summed E-state index contributed by atoms with van der Waals surface area (Å²) in [5.74, 6) is 0.694. The zero-order valence-corrected chi connectivity index (χ0v) is 37.8. The van der Waals surface area contributed by atoms with Gasteiger partial charge in [0.2, 0.25) is 11.8 Å². The van der Waals surface area contributed by atoms with Crippen molar-refractivity contribution < 1.29 is 9.59 Å². The molecule has 4 N–H and O–H groups in total. The number of nitrogens with zero attached hydrogens (tertiary/aromatic N) is 5. The molecule has 0 radical (unpaired) electrons. The van der Waals surface area contributed by atoms with E-state index in [-0.39, 0.29) is 17.7 Å². The number of hydrogen-bond acceptors (Lipinski definition) is 10. The molecule has 2 atom stereocenters. The molecule has 0 saturated carbocycles. The molecule has 10 nitrogen and oxygen atoms in total. The van der Waals surface area contributed by atoms with Crippen LogP contribution in [0.3, 0.4) is 0 Å². The molecule has 0 aliphatic carbocycles. The van der Waals surface area contributed by atoms with Crippen LogP contribution in [0.2, 0.25) is 0 Å². The van der Waals surface area contributed by atoms with E-state index in [1.54, 1.807) is 11.8 Å². The van der Waals surface area contributed by atoms with Gasteiger partial charge < -0.3 is 26.2 Å². The number of aliphatic imine (C=N–C) groups is 1.